The first-order chi connectivity index (χ1) is 19.7. The van der Waals surface area contributed by atoms with Crippen LogP contribution in [0.5, 0.6) is 11.8 Å². The third-order valence-corrected chi connectivity index (χ3v) is 6.71. The lowest BCUT2D eigenvalue weighted by atomic mass is 10.1. The van der Waals surface area contributed by atoms with E-state index in [0.29, 0.717) is 32.3 Å². The Bertz CT molecular complexity index is 1760. The maximum Gasteiger partial charge on any atom is 0.412 e. The number of ether oxygens (including phenoxy) is 3. The topological polar surface area (TPSA) is 159 Å². The van der Waals surface area contributed by atoms with Crippen LogP contribution in [0.3, 0.4) is 0 Å². The Hall–Kier alpha value is -4.82. The van der Waals surface area contributed by atoms with Crippen LogP contribution in [0, 0.1) is 12.7 Å². The Kier molecular flexibility index (Phi) is 7.94. The van der Waals surface area contributed by atoms with Gasteiger partial charge in [-0.2, -0.15) is 4.98 Å². The molecule has 2 N–H and O–H groups in total. The Labute approximate surface area is 236 Å². The maximum atomic E-state index is 14.8. The van der Waals surface area contributed by atoms with Gasteiger partial charge in [0.25, 0.3) is 5.88 Å². The zero-order valence-corrected chi connectivity index (χ0v) is 22.9. The molecule has 0 unspecified atom stereocenters. The number of fused-ring (bicyclic) bond motifs is 2. The molecular formula is C27H23FN6O6S. The average Bonchev–Trinajstić information content (AvgIpc) is 3.37. The van der Waals surface area contributed by atoms with E-state index < -0.39 is 30.4 Å². The molecule has 41 heavy (non-hydrogen) atoms. The third kappa shape index (κ3) is 6.18. The number of hydrogen-bond donors (Lipinski definition) is 2. The van der Waals surface area contributed by atoms with Gasteiger partial charge >= 0.3 is 6.09 Å². The molecule has 0 saturated carbocycles. The van der Waals surface area contributed by atoms with Crippen LogP contribution in [0.25, 0.3) is 32.0 Å². The zero-order valence-electron chi connectivity index (χ0n) is 22.0. The molecule has 0 aliphatic carbocycles. The van der Waals surface area contributed by atoms with Crippen molar-refractivity contribution in [2.75, 3.05) is 25.6 Å². The molecule has 1 aromatic carbocycles. The van der Waals surface area contributed by atoms with Gasteiger partial charge in [0, 0.05) is 11.6 Å². The van der Waals surface area contributed by atoms with Gasteiger partial charge in [0.2, 0.25) is 11.7 Å². The van der Waals surface area contributed by atoms with Gasteiger partial charge in [0.1, 0.15) is 40.4 Å². The van der Waals surface area contributed by atoms with Crippen molar-refractivity contribution in [3.63, 3.8) is 0 Å². The first-order valence-electron chi connectivity index (χ1n) is 12.2. The predicted molar refractivity (Wildman–Crippen MR) is 148 cm³/mol. The molecule has 210 valence electrons. The number of rotatable bonds is 9. The number of hydrogen-bond acceptors (Lipinski definition) is 12. The molecule has 0 spiro atoms. The van der Waals surface area contributed by atoms with Crippen LogP contribution in [-0.4, -0.2) is 68.3 Å². The summed E-state index contributed by atoms with van der Waals surface area (Å²) in [6, 6.07) is 7.86. The van der Waals surface area contributed by atoms with Gasteiger partial charge in [0.05, 0.1) is 36.2 Å². The van der Waals surface area contributed by atoms with Crippen molar-refractivity contribution < 1.29 is 33.3 Å². The fraction of sp³-hybridized carbons (Fsp3) is 0.222. The number of pyridine rings is 2. The number of benzene rings is 1. The van der Waals surface area contributed by atoms with Gasteiger partial charge in [-0.1, -0.05) is 11.3 Å². The first kappa shape index (κ1) is 27.7. The second-order valence-corrected chi connectivity index (χ2v) is 9.85. The van der Waals surface area contributed by atoms with Crippen molar-refractivity contribution in [3.05, 3.63) is 59.8 Å². The number of thiazole rings is 1. The lowest BCUT2D eigenvalue weighted by molar-refractivity contribution is 0.0827. The summed E-state index contributed by atoms with van der Waals surface area (Å²) in [6.45, 7) is 2.66. The molecular weight excluding hydrogens is 555 g/mol. The van der Waals surface area contributed by atoms with Gasteiger partial charge in [-0.3, -0.25) is 15.1 Å². The Balaban J connectivity index is 1.26. The number of nitrogens with one attached hydrogen (secondary N) is 1. The largest absolute Gasteiger partial charge is 0.480 e. The molecule has 4 aromatic heterocycles. The van der Waals surface area contributed by atoms with Gasteiger partial charge < -0.3 is 19.3 Å². The average molecular weight is 579 g/mol. The van der Waals surface area contributed by atoms with E-state index in [2.05, 4.69) is 30.2 Å². The number of amides is 1. The molecule has 4 heterocycles. The van der Waals surface area contributed by atoms with Gasteiger partial charge in [-0.25, -0.2) is 24.1 Å². The van der Waals surface area contributed by atoms with E-state index in [0.717, 1.165) is 11.1 Å². The van der Waals surface area contributed by atoms with Crippen molar-refractivity contribution in [2.45, 2.75) is 20.0 Å². The molecule has 0 aliphatic heterocycles. The second kappa shape index (κ2) is 11.7. The number of methoxy groups -OCH3 is 1. The number of ketones is 1. The van der Waals surface area contributed by atoms with Gasteiger partial charge in [-0.15, -0.1) is 0 Å². The summed E-state index contributed by atoms with van der Waals surface area (Å²) in [5.41, 5.74) is 3.65. The molecule has 0 aliphatic rings. The van der Waals surface area contributed by atoms with E-state index in [4.69, 9.17) is 19.3 Å². The number of carbonyl (C=O) groups is 2. The quantitative estimate of drug-likeness (QED) is 0.240. The zero-order chi connectivity index (χ0) is 29.1. The van der Waals surface area contributed by atoms with E-state index in [1.54, 1.807) is 6.92 Å². The van der Waals surface area contributed by atoms with Crippen molar-refractivity contribution >= 4 is 50.3 Å². The maximum absolute atomic E-state index is 14.8. The number of halogens is 1. The third-order valence-electron chi connectivity index (χ3n) is 5.72. The molecule has 0 fully saturated rings. The standard InChI is InChI=1S/C27H23FN6O6S/c1-13-6-16(23-19(7-13)32-22(38-3)10-30-23)25-33-20-8-17(28)24(34-26(20)41-25)39-12-14(2)40-27(37)31-15-4-5-18(29-9-15)21(36)11-35/h4-10,14,35H,11-12H2,1-3H3,(H,31,37)/t14-/m1/s1. The van der Waals surface area contributed by atoms with Crippen molar-refractivity contribution in [1.82, 2.24) is 24.9 Å². The molecule has 0 saturated heterocycles. The highest BCUT2D eigenvalue weighted by atomic mass is 32.1. The number of nitrogens with zero attached hydrogens (tertiary/aromatic N) is 5. The summed E-state index contributed by atoms with van der Waals surface area (Å²) >= 11 is 1.25. The van der Waals surface area contributed by atoms with Crippen LogP contribution >= 0.6 is 11.3 Å². The van der Waals surface area contributed by atoms with E-state index in [-0.39, 0.29) is 23.9 Å². The fourth-order valence-corrected chi connectivity index (χ4v) is 4.76. The number of aromatic nitrogens is 5. The van der Waals surface area contributed by atoms with Gasteiger partial charge in [-0.05, 0) is 43.7 Å². The summed E-state index contributed by atoms with van der Waals surface area (Å²) in [7, 11) is 1.52. The van der Waals surface area contributed by atoms with E-state index >= 15 is 0 Å². The summed E-state index contributed by atoms with van der Waals surface area (Å²) in [6.07, 6.45) is 1.22. The number of anilines is 1. The highest BCUT2D eigenvalue weighted by molar-refractivity contribution is 7.21. The Morgan fingerprint density at radius 1 is 1.10 bits per heavy atom. The molecule has 1 amide bonds. The molecule has 0 bridgehead atoms. The van der Waals surface area contributed by atoms with Crippen LogP contribution in [0.15, 0.2) is 42.7 Å². The van der Waals surface area contributed by atoms with Gasteiger partial charge in [0.15, 0.2) is 5.82 Å². The number of Topliss-reactive ketones (excluding diaryl/α,β-unsaturated/α-hetero) is 1. The van der Waals surface area contributed by atoms with Crippen LogP contribution in [0.2, 0.25) is 0 Å². The Morgan fingerprint density at radius 3 is 2.66 bits per heavy atom. The van der Waals surface area contributed by atoms with Crippen LogP contribution in [0.4, 0.5) is 14.9 Å². The molecule has 12 nitrogen and oxygen atoms in total. The van der Waals surface area contributed by atoms with E-state index in [9.17, 15) is 14.0 Å². The molecule has 14 heteroatoms. The predicted octanol–water partition coefficient (Wildman–Crippen LogP) is 4.34. The van der Waals surface area contributed by atoms with Crippen molar-refractivity contribution in [2.24, 2.45) is 0 Å². The molecule has 5 rings (SSSR count). The van der Waals surface area contributed by atoms with E-state index in [1.807, 2.05) is 19.1 Å². The Morgan fingerprint density at radius 2 is 1.93 bits per heavy atom. The number of carbonyl (C=O) groups excluding carboxylic acids is 2. The SMILES string of the molecule is COc1cnc2c(-c3nc4cc(F)c(OC[C@@H](C)OC(=O)Nc5ccc(C(=O)CO)nc5)nc4s3)cc(C)cc2n1. The lowest BCUT2D eigenvalue weighted by Crippen LogP contribution is -2.25. The second-order valence-electron chi connectivity index (χ2n) is 8.88. The normalized spacial score (nSPS) is 11.8. The smallest absolute Gasteiger partial charge is 0.412 e. The minimum Gasteiger partial charge on any atom is -0.480 e. The highest BCUT2D eigenvalue weighted by Gasteiger charge is 2.18. The fourth-order valence-electron chi connectivity index (χ4n) is 3.83. The summed E-state index contributed by atoms with van der Waals surface area (Å²) in [5.74, 6) is -1.12. The summed E-state index contributed by atoms with van der Waals surface area (Å²) in [4.78, 5) is 45.7. The molecule has 1 atom stereocenters. The van der Waals surface area contributed by atoms with Crippen molar-refractivity contribution in [1.29, 1.82) is 0 Å². The molecule has 0 radical (unpaired) electrons. The minimum atomic E-state index is -0.800. The lowest BCUT2D eigenvalue weighted by Gasteiger charge is -2.14. The number of aliphatic hydroxyl groups is 1. The molecule has 5 aromatic rings. The van der Waals surface area contributed by atoms with Crippen LogP contribution < -0.4 is 14.8 Å². The highest BCUT2D eigenvalue weighted by Crippen LogP contribution is 2.35. The van der Waals surface area contributed by atoms with Crippen molar-refractivity contribution in [3.8, 4) is 22.3 Å². The first-order valence-corrected chi connectivity index (χ1v) is 13.0. The summed E-state index contributed by atoms with van der Waals surface area (Å²) in [5, 5.41) is 11.9. The minimum absolute atomic E-state index is 0.0642. The monoisotopic (exact) mass is 578 g/mol. The number of aliphatic hydroxyl groups excluding tert-OH is 1. The summed E-state index contributed by atoms with van der Waals surface area (Å²) < 4.78 is 30.8. The number of aryl methyl sites for hydroxylation is 1. The van der Waals surface area contributed by atoms with Crippen LogP contribution in [0.1, 0.15) is 23.0 Å². The van der Waals surface area contributed by atoms with Crippen LogP contribution in [-0.2, 0) is 4.74 Å². The van der Waals surface area contributed by atoms with E-state index in [1.165, 1.54) is 49.0 Å².